The number of ether oxygens (including phenoxy) is 1. The van der Waals surface area contributed by atoms with Crippen LogP contribution in [0.15, 0.2) is 12.4 Å². The number of nitrogens with one attached hydrogen (secondary N) is 1. The van der Waals surface area contributed by atoms with Crippen molar-refractivity contribution in [1.29, 1.82) is 0 Å². The number of carbonyl (C=O) groups is 1. The van der Waals surface area contributed by atoms with E-state index in [9.17, 15) is 9.18 Å². The van der Waals surface area contributed by atoms with Crippen molar-refractivity contribution in [3.63, 3.8) is 0 Å². The molecule has 5 nitrogen and oxygen atoms in total. The second kappa shape index (κ2) is 5.75. The smallest absolute Gasteiger partial charge is 0.316 e. The molecule has 1 amide bonds. The van der Waals surface area contributed by atoms with E-state index in [-0.39, 0.29) is 24.1 Å². The lowest BCUT2D eigenvalue weighted by molar-refractivity contribution is -0.120. The molecule has 0 saturated heterocycles. The summed E-state index contributed by atoms with van der Waals surface area (Å²) < 4.78 is 18.2. The minimum absolute atomic E-state index is 0.00114. The van der Waals surface area contributed by atoms with Crippen molar-refractivity contribution in [2.45, 2.75) is 44.8 Å². The van der Waals surface area contributed by atoms with Crippen molar-refractivity contribution in [2.24, 2.45) is 0 Å². The molecular formula is C12H16FN3O2. The molecule has 0 aliphatic heterocycles. The molecular weight excluding hydrogens is 237 g/mol. The molecule has 1 aromatic heterocycles. The van der Waals surface area contributed by atoms with Crippen LogP contribution in [-0.2, 0) is 4.79 Å². The number of hydrogen-bond acceptors (Lipinski definition) is 4. The monoisotopic (exact) mass is 253 g/mol. The number of halogens is 1. The average molecular weight is 253 g/mol. The fraction of sp³-hybridized carbons (Fsp3) is 0.583. The largest absolute Gasteiger partial charge is 0.460 e. The van der Waals surface area contributed by atoms with E-state index in [2.05, 4.69) is 15.3 Å². The summed E-state index contributed by atoms with van der Waals surface area (Å²) in [6.45, 7) is 1.52. The van der Waals surface area contributed by atoms with Crippen molar-refractivity contribution in [3.05, 3.63) is 18.2 Å². The highest BCUT2D eigenvalue weighted by molar-refractivity contribution is 5.73. The predicted octanol–water partition coefficient (Wildman–Crippen LogP) is 1.44. The van der Waals surface area contributed by atoms with Gasteiger partial charge in [0.1, 0.15) is 6.10 Å². The molecule has 98 valence electrons. The maximum absolute atomic E-state index is 12.6. The van der Waals surface area contributed by atoms with Gasteiger partial charge in [-0.05, 0) is 25.7 Å². The molecule has 1 aromatic rings. The Kier molecular flexibility index (Phi) is 4.07. The van der Waals surface area contributed by atoms with Gasteiger partial charge in [-0.2, -0.15) is 0 Å². The summed E-state index contributed by atoms with van der Waals surface area (Å²) in [6.07, 6.45) is 5.66. The zero-order valence-electron chi connectivity index (χ0n) is 10.2. The van der Waals surface area contributed by atoms with Crippen LogP contribution in [0.3, 0.4) is 0 Å². The Hall–Kier alpha value is -1.72. The van der Waals surface area contributed by atoms with Gasteiger partial charge in [0.2, 0.25) is 5.91 Å². The first-order chi connectivity index (χ1) is 8.63. The normalized spacial score (nSPS) is 23.4. The summed E-state index contributed by atoms with van der Waals surface area (Å²) >= 11 is 0. The maximum atomic E-state index is 12.6. The van der Waals surface area contributed by atoms with Gasteiger partial charge < -0.3 is 10.1 Å². The molecule has 1 fully saturated rings. The van der Waals surface area contributed by atoms with Crippen LogP contribution in [0.1, 0.15) is 32.6 Å². The summed E-state index contributed by atoms with van der Waals surface area (Å²) in [4.78, 5) is 18.4. The highest BCUT2D eigenvalue weighted by Crippen LogP contribution is 2.22. The summed E-state index contributed by atoms with van der Waals surface area (Å²) in [5, 5.41) is 2.90. The number of carbonyl (C=O) groups excluding carboxylic acids is 1. The third-order valence-electron chi connectivity index (χ3n) is 2.95. The Morgan fingerprint density at radius 2 is 1.94 bits per heavy atom. The molecule has 18 heavy (non-hydrogen) atoms. The van der Waals surface area contributed by atoms with E-state index in [1.54, 1.807) is 0 Å². The Bertz CT molecular complexity index is 402. The van der Waals surface area contributed by atoms with Crippen LogP contribution in [0, 0.1) is 5.82 Å². The molecule has 0 radical (unpaired) electrons. The Labute approximate surface area is 105 Å². The summed E-state index contributed by atoms with van der Waals surface area (Å²) in [7, 11) is 0. The highest BCUT2D eigenvalue weighted by atomic mass is 19.1. The van der Waals surface area contributed by atoms with E-state index in [1.807, 2.05) is 0 Å². The zero-order valence-corrected chi connectivity index (χ0v) is 10.2. The summed E-state index contributed by atoms with van der Waals surface area (Å²) in [6, 6.07) is 0.441. The first kappa shape index (κ1) is 12.7. The third-order valence-corrected chi connectivity index (χ3v) is 2.95. The Morgan fingerprint density at radius 1 is 1.33 bits per heavy atom. The Morgan fingerprint density at radius 3 is 2.50 bits per heavy atom. The average Bonchev–Trinajstić information content (AvgIpc) is 2.34. The molecule has 0 aromatic carbocycles. The first-order valence-corrected chi connectivity index (χ1v) is 6.05. The van der Waals surface area contributed by atoms with E-state index >= 15 is 0 Å². The van der Waals surface area contributed by atoms with Gasteiger partial charge in [-0.1, -0.05) is 0 Å². The van der Waals surface area contributed by atoms with E-state index in [4.69, 9.17) is 4.74 Å². The number of hydrogen-bond donors (Lipinski definition) is 1. The molecule has 0 spiro atoms. The first-order valence-electron chi connectivity index (χ1n) is 6.05. The molecule has 1 N–H and O–H groups in total. The topological polar surface area (TPSA) is 64.1 Å². The molecule has 1 saturated carbocycles. The van der Waals surface area contributed by atoms with Crippen molar-refractivity contribution in [2.75, 3.05) is 0 Å². The highest BCUT2D eigenvalue weighted by Gasteiger charge is 2.23. The van der Waals surface area contributed by atoms with E-state index in [1.165, 1.54) is 6.92 Å². The second-order valence-electron chi connectivity index (χ2n) is 4.48. The van der Waals surface area contributed by atoms with Crippen LogP contribution in [0.4, 0.5) is 4.39 Å². The van der Waals surface area contributed by atoms with Crippen LogP contribution in [0.25, 0.3) is 0 Å². The van der Waals surface area contributed by atoms with Gasteiger partial charge in [0, 0.05) is 13.0 Å². The van der Waals surface area contributed by atoms with Crippen LogP contribution in [-0.4, -0.2) is 28.0 Å². The standard InChI is InChI=1S/C12H16FN3O2/c1-8(17)16-10-2-4-11(5-3-10)18-12-14-6-9(13)7-15-12/h6-7,10-11H,2-5H2,1H3,(H,16,17). The van der Waals surface area contributed by atoms with Crippen molar-refractivity contribution < 1.29 is 13.9 Å². The zero-order chi connectivity index (χ0) is 13.0. The van der Waals surface area contributed by atoms with Gasteiger partial charge >= 0.3 is 6.01 Å². The van der Waals surface area contributed by atoms with Gasteiger partial charge in [-0.15, -0.1) is 0 Å². The SMILES string of the molecule is CC(=O)NC1CCC(Oc2ncc(F)cn2)CC1. The van der Waals surface area contributed by atoms with E-state index in [0.717, 1.165) is 38.1 Å². The van der Waals surface area contributed by atoms with Gasteiger partial charge in [0.15, 0.2) is 5.82 Å². The Balaban J connectivity index is 1.79. The second-order valence-corrected chi connectivity index (χ2v) is 4.48. The molecule has 2 rings (SSSR count). The lowest BCUT2D eigenvalue weighted by atomic mass is 9.93. The molecule has 1 aliphatic rings. The minimum Gasteiger partial charge on any atom is -0.460 e. The van der Waals surface area contributed by atoms with E-state index in [0.29, 0.717) is 0 Å². The van der Waals surface area contributed by atoms with Crippen molar-refractivity contribution in [1.82, 2.24) is 15.3 Å². The lowest BCUT2D eigenvalue weighted by Gasteiger charge is -2.28. The summed E-state index contributed by atoms with van der Waals surface area (Å²) in [5.41, 5.74) is 0. The number of aromatic nitrogens is 2. The summed E-state index contributed by atoms with van der Waals surface area (Å²) in [5.74, 6) is -0.474. The number of amides is 1. The fourth-order valence-corrected chi connectivity index (χ4v) is 2.12. The maximum Gasteiger partial charge on any atom is 0.316 e. The molecule has 6 heteroatoms. The van der Waals surface area contributed by atoms with Crippen LogP contribution >= 0.6 is 0 Å². The van der Waals surface area contributed by atoms with Gasteiger partial charge in [-0.3, -0.25) is 4.79 Å². The minimum atomic E-state index is -0.475. The van der Waals surface area contributed by atoms with Gasteiger partial charge in [-0.25, -0.2) is 14.4 Å². The number of rotatable bonds is 3. The third kappa shape index (κ3) is 3.65. The van der Waals surface area contributed by atoms with Crippen molar-refractivity contribution in [3.8, 4) is 6.01 Å². The van der Waals surface area contributed by atoms with E-state index < -0.39 is 5.82 Å². The number of nitrogens with zero attached hydrogens (tertiary/aromatic N) is 2. The molecule has 1 aliphatic carbocycles. The van der Waals surface area contributed by atoms with Gasteiger partial charge in [0.05, 0.1) is 12.4 Å². The van der Waals surface area contributed by atoms with Crippen LogP contribution in [0.2, 0.25) is 0 Å². The lowest BCUT2D eigenvalue weighted by Crippen LogP contribution is -2.38. The molecule has 0 unspecified atom stereocenters. The predicted molar refractivity (Wildman–Crippen MR) is 62.5 cm³/mol. The van der Waals surface area contributed by atoms with Crippen LogP contribution < -0.4 is 10.1 Å². The quantitative estimate of drug-likeness (QED) is 0.885. The van der Waals surface area contributed by atoms with Crippen molar-refractivity contribution >= 4 is 5.91 Å². The fourth-order valence-electron chi connectivity index (χ4n) is 2.12. The molecule has 1 heterocycles. The van der Waals surface area contributed by atoms with Crippen LogP contribution in [0.5, 0.6) is 6.01 Å². The molecule has 0 atom stereocenters. The van der Waals surface area contributed by atoms with Gasteiger partial charge in [0.25, 0.3) is 0 Å². The molecule has 0 bridgehead atoms.